The summed E-state index contributed by atoms with van der Waals surface area (Å²) >= 11 is 0. The smallest absolute Gasteiger partial charge is 0.251 e. The monoisotopic (exact) mass is 306 g/mol. The van der Waals surface area contributed by atoms with Crippen molar-refractivity contribution in [3.8, 4) is 0 Å². The molecule has 0 unspecified atom stereocenters. The first-order chi connectivity index (χ1) is 11.3. The van der Waals surface area contributed by atoms with E-state index >= 15 is 0 Å². The molecule has 1 N–H and O–H groups in total. The summed E-state index contributed by atoms with van der Waals surface area (Å²) < 4.78 is 0. The van der Waals surface area contributed by atoms with E-state index < -0.39 is 0 Å². The largest absolute Gasteiger partial charge is 0.351 e. The lowest BCUT2D eigenvalue weighted by atomic mass is 10.1. The predicted octanol–water partition coefficient (Wildman–Crippen LogP) is 1.04. The molecule has 1 saturated heterocycles. The van der Waals surface area contributed by atoms with E-state index in [9.17, 15) is 4.79 Å². The molecule has 1 aliphatic rings. The number of nitrogens with zero attached hydrogens (tertiary/aromatic N) is 5. The van der Waals surface area contributed by atoms with Gasteiger partial charge in [0.15, 0.2) is 0 Å². The number of aromatic nitrogens is 4. The number of hydrogen-bond acceptors (Lipinski definition) is 6. The molecule has 1 aliphatic heterocycles. The van der Waals surface area contributed by atoms with Crippen molar-refractivity contribution in [2.24, 2.45) is 0 Å². The Morgan fingerprint density at radius 1 is 1.04 bits per heavy atom. The minimum absolute atomic E-state index is 0.0960. The predicted molar refractivity (Wildman–Crippen MR) is 85.0 cm³/mol. The summed E-state index contributed by atoms with van der Waals surface area (Å²) in [7, 11) is 0. The molecule has 3 heterocycles. The highest BCUT2D eigenvalue weighted by Crippen LogP contribution is 2.17. The number of nitrogens with one attached hydrogen (secondary N) is 1. The van der Waals surface area contributed by atoms with E-state index in [4.69, 9.17) is 0 Å². The Kier molecular flexibility index (Phi) is 3.30. The van der Waals surface area contributed by atoms with E-state index in [0.29, 0.717) is 5.56 Å². The van der Waals surface area contributed by atoms with Gasteiger partial charge in [-0.15, -0.1) is 0 Å². The first-order valence-electron chi connectivity index (χ1n) is 7.32. The van der Waals surface area contributed by atoms with Gasteiger partial charge in [0.05, 0.1) is 23.3 Å². The average Bonchev–Trinajstić information content (AvgIpc) is 2.58. The normalized spacial score (nSPS) is 14.5. The summed E-state index contributed by atoms with van der Waals surface area (Å²) in [6, 6.07) is 5.45. The second-order valence-corrected chi connectivity index (χ2v) is 5.40. The van der Waals surface area contributed by atoms with Crippen LogP contribution in [-0.2, 0) is 0 Å². The summed E-state index contributed by atoms with van der Waals surface area (Å²) in [4.78, 5) is 31.1. The van der Waals surface area contributed by atoms with Crippen molar-refractivity contribution in [3.05, 3.63) is 54.7 Å². The third kappa shape index (κ3) is 2.68. The number of fused-ring (bicyclic) bond motifs is 1. The van der Waals surface area contributed by atoms with E-state index in [-0.39, 0.29) is 11.9 Å². The van der Waals surface area contributed by atoms with Crippen molar-refractivity contribution in [2.45, 2.75) is 6.04 Å². The van der Waals surface area contributed by atoms with Crippen LogP contribution in [0.25, 0.3) is 11.0 Å². The summed E-state index contributed by atoms with van der Waals surface area (Å²) in [5.41, 5.74) is 2.09. The van der Waals surface area contributed by atoms with Gasteiger partial charge < -0.3 is 10.2 Å². The zero-order chi connectivity index (χ0) is 15.6. The van der Waals surface area contributed by atoms with Crippen LogP contribution in [0.1, 0.15) is 10.4 Å². The maximum Gasteiger partial charge on any atom is 0.251 e. The van der Waals surface area contributed by atoms with Crippen LogP contribution >= 0.6 is 0 Å². The maximum absolute atomic E-state index is 12.3. The molecule has 1 aromatic carbocycles. The van der Waals surface area contributed by atoms with E-state index in [0.717, 1.165) is 29.9 Å². The van der Waals surface area contributed by atoms with Crippen molar-refractivity contribution in [3.63, 3.8) is 0 Å². The molecule has 1 amide bonds. The van der Waals surface area contributed by atoms with Gasteiger partial charge in [-0.25, -0.2) is 4.98 Å². The second kappa shape index (κ2) is 5.60. The number of rotatable bonds is 3. The van der Waals surface area contributed by atoms with Crippen LogP contribution in [0.5, 0.6) is 0 Å². The molecule has 0 bridgehead atoms. The molecule has 0 saturated carbocycles. The molecule has 7 nitrogen and oxygen atoms in total. The zero-order valence-electron chi connectivity index (χ0n) is 12.3. The molecular formula is C16H14N6O. The average molecular weight is 306 g/mol. The highest BCUT2D eigenvalue weighted by atomic mass is 16.1. The number of amides is 1. The number of benzene rings is 1. The Morgan fingerprint density at radius 2 is 1.83 bits per heavy atom. The first-order valence-corrected chi connectivity index (χ1v) is 7.32. The molecular weight excluding hydrogens is 292 g/mol. The van der Waals surface area contributed by atoms with E-state index in [2.05, 4.69) is 30.2 Å². The molecule has 7 heteroatoms. The molecule has 3 aromatic rings. The first kappa shape index (κ1) is 13.6. The summed E-state index contributed by atoms with van der Waals surface area (Å²) in [6.45, 7) is 1.47. The fourth-order valence-electron chi connectivity index (χ4n) is 2.58. The molecule has 0 spiro atoms. The molecule has 0 aliphatic carbocycles. The quantitative estimate of drug-likeness (QED) is 0.778. The number of anilines is 1. The van der Waals surface area contributed by atoms with Crippen LogP contribution in [0.15, 0.2) is 49.2 Å². The van der Waals surface area contributed by atoms with E-state index in [1.165, 1.54) is 0 Å². The highest BCUT2D eigenvalue weighted by Gasteiger charge is 2.29. The van der Waals surface area contributed by atoms with Gasteiger partial charge in [0.1, 0.15) is 5.82 Å². The van der Waals surface area contributed by atoms with Crippen molar-refractivity contribution in [2.75, 3.05) is 18.0 Å². The van der Waals surface area contributed by atoms with Crippen molar-refractivity contribution >= 4 is 22.8 Å². The maximum atomic E-state index is 12.3. The lowest BCUT2D eigenvalue weighted by Crippen LogP contribution is -2.59. The summed E-state index contributed by atoms with van der Waals surface area (Å²) in [6.07, 6.45) is 8.29. The minimum Gasteiger partial charge on any atom is -0.351 e. The van der Waals surface area contributed by atoms with Gasteiger partial charge in [-0.3, -0.25) is 19.7 Å². The molecule has 0 radical (unpaired) electrons. The zero-order valence-corrected chi connectivity index (χ0v) is 12.3. The number of carbonyl (C=O) groups is 1. The lowest BCUT2D eigenvalue weighted by Gasteiger charge is -2.40. The Hall–Kier alpha value is -3.09. The third-order valence-electron chi connectivity index (χ3n) is 3.82. The van der Waals surface area contributed by atoms with Crippen LogP contribution in [0, 0.1) is 0 Å². The SMILES string of the molecule is O=C(NC1CN(c2cnccn2)C1)c1ccc2nccnc2c1. The Bertz CT molecular complexity index is 847. The van der Waals surface area contributed by atoms with Gasteiger partial charge in [-0.05, 0) is 18.2 Å². The van der Waals surface area contributed by atoms with Crippen LogP contribution in [-0.4, -0.2) is 45.0 Å². The van der Waals surface area contributed by atoms with Crippen LogP contribution in [0.4, 0.5) is 5.82 Å². The lowest BCUT2D eigenvalue weighted by molar-refractivity contribution is 0.0930. The fraction of sp³-hybridized carbons (Fsp3) is 0.188. The van der Waals surface area contributed by atoms with Gasteiger partial charge in [-0.1, -0.05) is 0 Å². The number of carbonyl (C=O) groups excluding carboxylic acids is 1. The second-order valence-electron chi connectivity index (χ2n) is 5.40. The van der Waals surface area contributed by atoms with Gasteiger partial charge in [0.2, 0.25) is 0 Å². The minimum atomic E-state index is -0.0960. The Morgan fingerprint density at radius 3 is 2.61 bits per heavy atom. The van der Waals surface area contributed by atoms with Crippen LogP contribution in [0.2, 0.25) is 0 Å². The highest BCUT2D eigenvalue weighted by molar-refractivity contribution is 5.97. The molecule has 23 heavy (non-hydrogen) atoms. The summed E-state index contributed by atoms with van der Waals surface area (Å²) in [5.74, 6) is 0.736. The van der Waals surface area contributed by atoms with Gasteiger partial charge in [0, 0.05) is 43.4 Å². The fourth-order valence-corrected chi connectivity index (χ4v) is 2.58. The Balaban J connectivity index is 1.40. The topological polar surface area (TPSA) is 83.9 Å². The molecule has 1 fully saturated rings. The van der Waals surface area contributed by atoms with Crippen molar-refractivity contribution < 1.29 is 4.79 Å². The molecule has 0 atom stereocenters. The van der Waals surface area contributed by atoms with Crippen LogP contribution in [0.3, 0.4) is 0 Å². The molecule has 114 valence electrons. The van der Waals surface area contributed by atoms with Gasteiger partial charge in [-0.2, -0.15) is 0 Å². The van der Waals surface area contributed by atoms with Crippen LogP contribution < -0.4 is 10.2 Å². The molecule has 4 rings (SSSR count). The van der Waals surface area contributed by atoms with Gasteiger partial charge >= 0.3 is 0 Å². The van der Waals surface area contributed by atoms with Gasteiger partial charge in [0.25, 0.3) is 5.91 Å². The third-order valence-corrected chi connectivity index (χ3v) is 3.82. The van der Waals surface area contributed by atoms with E-state index in [1.807, 2.05) is 6.07 Å². The Labute approximate surface area is 132 Å². The summed E-state index contributed by atoms with van der Waals surface area (Å²) in [5, 5.41) is 3.02. The molecule has 2 aromatic heterocycles. The van der Waals surface area contributed by atoms with Crippen molar-refractivity contribution in [1.82, 2.24) is 25.3 Å². The number of hydrogen-bond donors (Lipinski definition) is 1. The van der Waals surface area contributed by atoms with E-state index in [1.54, 1.807) is 43.1 Å². The standard InChI is InChI=1S/C16H14N6O/c23-16(11-1-2-13-14(7-11)19-6-5-18-13)21-12-9-22(10-12)15-8-17-3-4-20-15/h1-8,12H,9-10H2,(H,21,23). The van der Waals surface area contributed by atoms with Crippen molar-refractivity contribution in [1.29, 1.82) is 0 Å².